The number of nitrogens with one attached hydrogen (secondary N) is 2. The molecule has 2 aromatic heterocycles. The van der Waals surface area contributed by atoms with Crippen molar-refractivity contribution in [1.29, 1.82) is 0 Å². The Morgan fingerprint density at radius 2 is 1.93 bits per heavy atom. The molecule has 1 aliphatic rings. The summed E-state index contributed by atoms with van der Waals surface area (Å²) in [6, 6.07) is 10.1. The molecule has 4 aromatic rings. The smallest absolute Gasteiger partial charge is 0.339 e. The summed E-state index contributed by atoms with van der Waals surface area (Å²) in [4.78, 5) is 40.1. The number of halogens is 3. The number of amides is 2. The molecule has 43 heavy (non-hydrogen) atoms. The van der Waals surface area contributed by atoms with Crippen molar-refractivity contribution in [3.63, 3.8) is 0 Å². The van der Waals surface area contributed by atoms with Crippen molar-refractivity contribution in [1.82, 2.24) is 24.4 Å². The zero-order chi connectivity index (χ0) is 30.7. The Bertz CT molecular complexity index is 1690. The molecule has 0 aliphatic carbocycles. The van der Waals surface area contributed by atoms with Gasteiger partial charge in [-0.15, -0.1) is 0 Å². The van der Waals surface area contributed by atoms with Gasteiger partial charge in [-0.05, 0) is 74.7 Å². The maximum Gasteiger partial charge on any atom is 0.416 e. The van der Waals surface area contributed by atoms with Crippen LogP contribution in [-0.4, -0.2) is 49.3 Å². The number of rotatable bonds is 7. The molecule has 0 saturated carbocycles. The van der Waals surface area contributed by atoms with Crippen LogP contribution in [0.25, 0.3) is 5.69 Å². The zero-order valence-electron chi connectivity index (χ0n) is 23.7. The first kappa shape index (κ1) is 29.5. The number of piperidine rings is 1. The third-order valence-corrected chi connectivity index (χ3v) is 7.26. The molecule has 1 aliphatic heterocycles. The number of imidazole rings is 1. The van der Waals surface area contributed by atoms with E-state index in [0.29, 0.717) is 30.4 Å². The summed E-state index contributed by atoms with van der Waals surface area (Å²) in [6.07, 6.45) is 3.08. The molecule has 1 atom stereocenters. The molecule has 2 aromatic carbocycles. The molecule has 2 N–H and O–H groups in total. The molecule has 0 bridgehead atoms. The van der Waals surface area contributed by atoms with Gasteiger partial charge in [-0.25, -0.2) is 15.0 Å². The van der Waals surface area contributed by atoms with E-state index in [0.717, 1.165) is 36.2 Å². The standard InChI is InChI=1S/C31H30F3N7O2.2H2/c1-4-28(42)40-11-5-6-22(17-40)26-9-10-35-30(38-26)39-27-12-21(8-7-19(27)2)29(43)37-24-13-23(31(32,33)34)14-25(15-24)41-16-20(3)36-18-41;;/h4,7-10,12-16,18,22H,1,5-6,11,17H2,2-3H3,(H,37,43)(H,35,38,39);2*1H. The first-order chi connectivity index (χ1) is 20.5. The minimum absolute atomic E-state index is 0. The van der Waals surface area contributed by atoms with Gasteiger partial charge in [0.05, 0.1) is 23.3 Å². The van der Waals surface area contributed by atoms with Gasteiger partial charge in [-0.1, -0.05) is 12.6 Å². The van der Waals surface area contributed by atoms with Gasteiger partial charge in [0.25, 0.3) is 5.91 Å². The third kappa shape index (κ3) is 6.91. The second-order valence-electron chi connectivity index (χ2n) is 10.4. The van der Waals surface area contributed by atoms with Crippen LogP contribution >= 0.6 is 0 Å². The molecular weight excluding hydrogens is 559 g/mol. The van der Waals surface area contributed by atoms with Crippen molar-refractivity contribution >= 4 is 29.1 Å². The highest BCUT2D eigenvalue weighted by atomic mass is 19.4. The van der Waals surface area contributed by atoms with Crippen LogP contribution in [0.5, 0.6) is 0 Å². The lowest BCUT2D eigenvalue weighted by Crippen LogP contribution is -2.38. The Balaban J connectivity index is 0.00000276. The molecule has 12 heteroatoms. The number of aryl methyl sites for hydroxylation is 2. The van der Waals surface area contributed by atoms with Gasteiger partial charge < -0.3 is 20.1 Å². The first-order valence-electron chi connectivity index (χ1n) is 13.7. The number of alkyl halides is 3. The Hall–Kier alpha value is -5.00. The summed E-state index contributed by atoms with van der Waals surface area (Å²) < 4.78 is 42.5. The Labute approximate surface area is 249 Å². The predicted molar refractivity (Wildman–Crippen MR) is 161 cm³/mol. The van der Waals surface area contributed by atoms with Crippen LogP contribution < -0.4 is 10.6 Å². The van der Waals surface area contributed by atoms with Crippen LogP contribution in [0, 0.1) is 13.8 Å². The molecule has 1 saturated heterocycles. The zero-order valence-corrected chi connectivity index (χ0v) is 23.7. The van der Waals surface area contributed by atoms with E-state index in [1.165, 1.54) is 23.0 Å². The molecular formula is C31H34F3N7O2. The Morgan fingerprint density at radius 3 is 2.65 bits per heavy atom. The van der Waals surface area contributed by atoms with Crippen LogP contribution in [0.15, 0.2) is 73.8 Å². The summed E-state index contributed by atoms with van der Waals surface area (Å²) in [5.41, 5.74) is 2.34. The molecule has 226 valence electrons. The number of hydrogen-bond donors (Lipinski definition) is 2. The van der Waals surface area contributed by atoms with Crippen molar-refractivity contribution in [2.45, 2.75) is 38.8 Å². The van der Waals surface area contributed by atoms with Crippen LogP contribution in [0.3, 0.4) is 0 Å². The second kappa shape index (κ2) is 12.1. The number of aromatic nitrogens is 4. The average Bonchev–Trinajstić information content (AvgIpc) is 3.43. The van der Waals surface area contributed by atoms with E-state index in [1.54, 1.807) is 42.4 Å². The molecule has 1 unspecified atom stereocenters. The monoisotopic (exact) mass is 593 g/mol. The normalized spacial score (nSPS) is 15.2. The van der Waals surface area contributed by atoms with E-state index in [9.17, 15) is 22.8 Å². The number of carbonyl (C=O) groups is 2. The summed E-state index contributed by atoms with van der Waals surface area (Å²) >= 11 is 0. The fourth-order valence-electron chi connectivity index (χ4n) is 4.99. The molecule has 5 rings (SSSR count). The van der Waals surface area contributed by atoms with E-state index < -0.39 is 17.6 Å². The fraction of sp³-hybridized carbons (Fsp3) is 0.258. The average molecular weight is 594 g/mol. The lowest BCUT2D eigenvalue weighted by Gasteiger charge is -2.31. The maximum atomic E-state index is 13.7. The van der Waals surface area contributed by atoms with E-state index in [1.807, 2.05) is 13.0 Å². The maximum absolute atomic E-state index is 13.7. The van der Waals surface area contributed by atoms with Gasteiger partial charge in [0, 0.05) is 56.9 Å². The predicted octanol–water partition coefficient (Wildman–Crippen LogP) is 6.68. The highest BCUT2D eigenvalue weighted by Crippen LogP contribution is 2.33. The minimum Gasteiger partial charge on any atom is -0.339 e. The molecule has 1 fully saturated rings. The fourth-order valence-corrected chi connectivity index (χ4v) is 4.99. The van der Waals surface area contributed by atoms with Crippen LogP contribution in [-0.2, 0) is 11.0 Å². The second-order valence-corrected chi connectivity index (χ2v) is 10.4. The van der Waals surface area contributed by atoms with Crippen molar-refractivity contribution in [3.8, 4) is 5.69 Å². The summed E-state index contributed by atoms with van der Waals surface area (Å²) in [5.74, 6) is -0.327. The number of likely N-dealkylation sites (tertiary alicyclic amines) is 1. The van der Waals surface area contributed by atoms with Gasteiger partial charge in [0.2, 0.25) is 11.9 Å². The number of anilines is 3. The highest BCUT2D eigenvalue weighted by molar-refractivity contribution is 6.05. The Morgan fingerprint density at radius 1 is 1.12 bits per heavy atom. The highest BCUT2D eigenvalue weighted by Gasteiger charge is 2.32. The number of benzene rings is 2. The summed E-state index contributed by atoms with van der Waals surface area (Å²) in [7, 11) is 0. The van der Waals surface area contributed by atoms with Gasteiger partial charge >= 0.3 is 6.18 Å². The quantitative estimate of drug-likeness (QED) is 0.232. The van der Waals surface area contributed by atoms with Crippen LogP contribution in [0.1, 0.15) is 54.5 Å². The van der Waals surface area contributed by atoms with E-state index >= 15 is 0 Å². The molecule has 2 amide bonds. The van der Waals surface area contributed by atoms with Crippen LogP contribution in [0.4, 0.5) is 30.5 Å². The third-order valence-electron chi connectivity index (χ3n) is 7.26. The van der Waals surface area contributed by atoms with E-state index in [4.69, 9.17) is 0 Å². The van der Waals surface area contributed by atoms with Gasteiger partial charge in [0.1, 0.15) is 0 Å². The van der Waals surface area contributed by atoms with E-state index in [-0.39, 0.29) is 31.6 Å². The SMILES string of the molecule is C=CC(=O)N1CCCC(c2ccnc(Nc3cc(C(=O)Nc4cc(-n5cnc(C)c5)cc(C(F)(F)F)c4)ccc3C)n2)C1.[HH].[HH]. The molecule has 9 nitrogen and oxygen atoms in total. The Kier molecular flexibility index (Phi) is 8.29. The topological polar surface area (TPSA) is 105 Å². The van der Waals surface area contributed by atoms with Crippen LogP contribution in [0.2, 0.25) is 0 Å². The largest absolute Gasteiger partial charge is 0.416 e. The lowest BCUT2D eigenvalue weighted by atomic mass is 9.94. The molecule has 0 radical (unpaired) electrons. The van der Waals surface area contributed by atoms with Crippen molar-refractivity contribution in [2.24, 2.45) is 0 Å². The molecule has 3 heterocycles. The minimum atomic E-state index is -4.61. The van der Waals surface area contributed by atoms with Crippen molar-refractivity contribution in [3.05, 3.63) is 102 Å². The van der Waals surface area contributed by atoms with Gasteiger partial charge in [-0.2, -0.15) is 13.2 Å². The van der Waals surface area contributed by atoms with Crippen molar-refractivity contribution < 1.29 is 25.6 Å². The summed E-state index contributed by atoms with van der Waals surface area (Å²) in [6.45, 7) is 8.36. The van der Waals surface area contributed by atoms with Gasteiger partial charge in [0.15, 0.2) is 0 Å². The van der Waals surface area contributed by atoms with Gasteiger partial charge in [-0.3, -0.25) is 9.59 Å². The van der Waals surface area contributed by atoms with E-state index in [2.05, 4.69) is 32.2 Å². The number of carbonyl (C=O) groups excluding carboxylic acids is 2. The van der Waals surface area contributed by atoms with Crippen molar-refractivity contribution in [2.75, 3.05) is 23.7 Å². The first-order valence-corrected chi connectivity index (χ1v) is 13.7. The lowest BCUT2D eigenvalue weighted by molar-refractivity contribution is -0.137. The number of nitrogens with zero attached hydrogens (tertiary/aromatic N) is 5. The number of hydrogen-bond acceptors (Lipinski definition) is 6. The summed E-state index contributed by atoms with van der Waals surface area (Å²) in [5, 5.41) is 5.76. The molecule has 0 spiro atoms.